The fourth-order valence-electron chi connectivity index (χ4n) is 2.72. The van der Waals surface area contributed by atoms with Crippen molar-refractivity contribution in [1.29, 1.82) is 0 Å². The molecule has 2 aliphatic heterocycles. The van der Waals surface area contributed by atoms with Crippen LogP contribution in [0.3, 0.4) is 0 Å². The molecule has 3 rings (SSSR count). The molecule has 0 aromatic heterocycles. The lowest BCUT2D eigenvalue weighted by atomic mass is 10.1. The molecule has 0 radical (unpaired) electrons. The summed E-state index contributed by atoms with van der Waals surface area (Å²) in [4.78, 5) is 12.3. The Hall–Kier alpha value is -0.360. The number of hydrogen-bond donors (Lipinski definition) is 2. The Kier molecular flexibility index (Phi) is 7.41. The summed E-state index contributed by atoms with van der Waals surface area (Å²) in [5.74, 6) is 2.54. The van der Waals surface area contributed by atoms with E-state index in [0.717, 1.165) is 31.5 Å². The second-order valence-corrected chi connectivity index (χ2v) is 8.29. The van der Waals surface area contributed by atoms with E-state index < -0.39 is 0 Å². The van der Waals surface area contributed by atoms with E-state index in [1.165, 1.54) is 23.5 Å². The number of nitrogens with one attached hydrogen (secondary N) is 2. The molecule has 1 aromatic carbocycles. The van der Waals surface area contributed by atoms with E-state index in [1.54, 1.807) is 0 Å². The van der Waals surface area contributed by atoms with Crippen molar-refractivity contribution in [3.8, 4) is 0 Å². The maximum Gasteiger partial charge on any atom is 0.251 e. The second kappa shape index (κ2) is 9.06. The van der Waals surface area contributed by atoms with Crippen molar-refractivity contribution >= 4 is 41.8 Å². The number of thioether (sulfide) groups is 2. The van der Waals surface area contributed by atoms with Crippen molar-refractivity contribution in [1.82, 2.24) is 10.6 Å². The van der Waals surface area contributed by atoms with Crippen LogP contribution in [0.1, 0.15) is 39.8 Å². The van der Waals surface area contributed by atoms with E-state index in [1.807, 2.05) is 35.7 Å². The summed E-state index contributed by atoms with van der Waals surface area (Å²) in [6, 6.07) is 8.44. The van der Waals surface area contributed by atoms with Crippen molar-refractivity contribution in [3.05, 3.63) is 35.4 Å². The predicted molar refractivity (Wildman–Crippen MR) is 99.3 cm³/mol. The van der Waals surface area contributed by atoms with Gasteiger partial charge in [-0.1, -0.05) is 12.1 Å². The Balaban J connectivity index is 0.00000176. The molecule has 1 aromatic rings. The Morgan fingerprint density at radius 2 is 1.86 bits per heavy atom. The van der Waals surface area contributed by atoms with Crippen LogP contribution in [0.15, 0.2) is 24.3 Å². The molecule has 0 aliphatic carbocycles. The molecule has 2 heterocycles. The number of carbonyl (C=O) groups is 1. The van der Waals surface area contributed by atoms with Crippen LogP contribution in [0.4, 0.5) is 0 Å². The van der Waals surface area contributed by atoms with Crippen molar-refractivity contribution in [2.24, 2.45) is 0 Å². The highest BCUT2D eigenvalue weighted by atomic mass is 35.5. The van der Waals surface area contributed by atoms with Gasteiger partial charge in [0.1, 0.15) is 0 Å². The van der Waals surface area contributed by atoms with Gasteiger partial charge < -0.3 is 10.6 Å². The molecule has 6 heteroatoms. The molecule has 22 heavy (non-hydrogen) atoms. The van der Waals surface area contributed by atoms with Crippen LogP contribution in [0.25, 0.3) is 0 Å². The third kappa shape index (κ3) is 4.82. The lowest BCUT2D eigenvalue weighted by molar-refractivity contribution is 0.0930. The van der Waals surface area contributed by atoms with Gasteiger partial charge in [0.15, 0.2) is 0 Å². The average molecular weight is 359 g/mol. The monoisotopic (exact) mass is 358 g/mol. The van der Waals surface area contributed by atoms with Crippen LogP contribution in [-0.4, -0.2) is 36.5 Å². The highest BCUT2D eigenvalue weighted by Gasteiger charge is 2.18. The van der Waals surface area contributed by atoms with Crippen LogP contribution in [0.2, 0.25) is 0 Å². The lowest BCUT2D eigenvalue weighted by Crippen LogP contribution is -2.45. The van der Waals surface area contributed by atoms with Gasteiger partial charge in [-0.05, 0) is 55.0 Å². The smallest absolute Gasteiger partial charge is 0.251 e. The van der Waals surface area contributed by atoms with Gasteiger partial charge in [-0.25, -0.2) is 0 Å². The van der Waals surface area contributed by atoms with E-state index in [2.05, 4.69) is 22.8 Å². The molecule has 0 bridgehead atoms. The van der Waals surface area contributed by atoms with E-state index in [9.17, 15) is 4.79 Å². The summed E-state index contributed by atoms with van der Waals surface area (Å²) < 4.78 is 0.540. The minimum atomic E-state index is 0. The normalized spacial score (nSPS) is 22.6. The largest absolute Gasteiger partial charge is 0.348 e. The maximum absolute atomic E-state index is 12.3. The third-order valence-corrected chi connectivity index (χ3v) is 6.92. The minimum Gasteiger partial charge on any atom is -0.348 e. The molecule has 2 fully saturated rings. The molecule has 1 unspecified atom stereocenters. The summed E-state index contributed by atoms with van der Waals surface area (Å²) in [6.07, 6.45) is 3.52. The number of carbonyl (C=O) groups excluding carboxylic acids is 1. The topological polar surface area (TPSA) is 41.1 Å². The highest BCUT2D eigenvalue weighted by molar-refractivity contribution is 8.16. The summed E-state index contributed by atoms with van der Waals surface area (Å²) in [6.45, 7) is 1.96. The van der Waals surface area contributed by atoms with E-state index in [0.29, 0.717) is 4.58 Å². The molecule has 0 spiro atoms. The van der Waals surface area contributed by atoms with Crippen LogP contribution in [0, 0.1) is 0 Å². The minimum absolute atomic E-state index is 0. The quantitative estimate of drug-likeness (QED) is 0.868. The van der Waals surface area contributed by atoms with Crippen molar-refractivity contribution in [2.45, 2.75) is 29.9 Å². The van der Waals surface area contributed by atoms with Crippen molar-refractivity contribution < 1.29 is 4.79 Å². The first-order valence-corrected chi connectivity index (χ1v) is 9.77. The first-order valence-electron chi connectivity index (χ1n) is 7.68. The zero-order valence-corrected chi connectivity index (χ0v) is 15.0. The summed E-state index contributed by atoms with van der Waals surface area (Å²) in [5.41, 5.74) is 2.11. The molecule has 122 valence electrons. The van der Waals surface area contributed by atoms with Gasteiger partial charge in [0.25, 0.3) is 5.91 Å². The van der Waals surface area contributed by atoms with Gasteiger partial charge in [0, 0.05) is 18.2 Å². The van der Waals surface area contributed by atoms with Gasteiger partial charge in [0.05, 0.1) is 4.58 Å². The summed E-state index contributed by atoms with van der Waals surface area (Å²) in [7, 11) is 0. The zero-order valence-electron chi connectivity index (χ0n) is 12.5. The van der Waals surface area contributed by atoms with Gasteiger partial charge in [-0.3, -0.25) is 4.79 Å². The van der Waals surface area contributed by atoms with Crippen molar-refractivity contribution in [3.63, 3.8) is 0 Å². The maximum atomic E-state index is 12.3. The molecule has 2 aliphatic rings. The summed E-state index contributed by atoms with van der Waals surface area (Å²) >= 11 is 4.03. The van der Waals surface area contributed by atoms with Crippen LogP contribution < -0.4 is 10.6 Å². The van der Waals surface area contributed by atoms with E-state index in [-0.39, 0.29) is 24.4 Å². The SMILES string of the molecule is Cl.O=C(NC1CCCNC1)c1ccc(C2SCCCS2)cc1. The fraction of sp³-hybridized carbons (Fsp3) is 0.562. The third-order valence-electron chi connectivity index (χ3n) is 3.90. The highest BCUT2D eigenvalue weighted by Crippen LogP contribution is 2.43. The van der Waals surface area contributed by atoms with Crippen LogP contribution >= 0.6 is 35.9 Å². The fourth-order valence-corrected chi connectivity index (χ4v) is 5.61. The molecule has 1 atom stereocenters. The lowest BCUT2D eigenvalue weighted by Gasteiger charge is -2.24. The predicted octanol–water partition coefficient (Wildman–Crippen LogP) is 3.46. The number of piperidine rings is 1. The van der Waals surface area contributed by atoms with Gasteiger partial charge >= 0.3 is 0 Å². The average Bonchev–Trinajstić information content (AvgIpc) is 2.57. The van der Waals surface area contributed by atoms with E-state index >= 15 is 0 Å². The Labute approximate surface area is 147 Å². The van der Waals surface area contributed by atoms with Crippen molar-refractivity contribution in [2.75, 3.05) is 24.6 Å². The Morgan fingerprint density at radius 3 is 2.50 bits per heavy atom. The Morgan fingerprint density at radius 1 is 1.14 bits per heavy atom. The molecular formula is C16H23ClN2OS2. The van der Waals surface area contributed by atoms with Gasteiger partial charge in [-0.2, -0.15) is 0 Å². The molecule has 2 saturated heterocycles. The van der Waals surface area contributed by atoms with Crippen LogP contribution in [-0.2, 0) is 0 Å². The standard InChI is InChI=1S/C16H22N2OS2.ClH/c19-15(18-14-3-1-8-17-11-14)12-4-6-13(7-5-12)16-20-9-2-10-21-16;/h4-7,14,16-17H,1-3,8-11H2,(H,18,19);1H. The molecular weight excluding hydrogens is 336 g/mol. The van der Waals surface area contributed by atoms with Crippen LogP contribution in [0.5, 0.6) is 0 Å². The van der Waals surface area contributed by atoms with E-state index in [4.69, 9.17) is 0 Å². The number of hydrogen-bond acceptors (Lipinski definition) is 4. The van der Waals surface area contributed by atoms with Gasteiger partial charge in [0.2, 0.25) is 0 Å². The molecule has 0 saturated carbocycles. The first kappa shape index (κ1) is 18.0. The zero-order chi connectivity index (χ0) is 14.5. The molecule has 3 nitrogen and oxygen atoms in total. The van der Waals surface area contributed by atoms with Gasteiger partial charge in [-0.15, -0.1) is 35.9 Å². The summed E-state index contributed by atoms with van der Waals surface area (Å²) in [5, 5.41) is 6.45. The number of rotatable bonds is 3. The molecule has 1 amide bonds. The number of amides is 1. The first-order chi connectivity index (χ1) is 10.3. The second-order valence-electron chi connectivity index (χ2n) is 5.57. The number of halogens is 1. The Bertz CT molecular complexity index is 472. The number of benzene rings is 1. The molecule has 2 N–H and O–H groups in total.